The summed E-state index contributed by atoms with van der Waals surface area (Å²) in [6, 6.07) is 7.58. The molecular formula is C18H25ClN2O. The van der Waals surface area contributed by atoms with Gasteiger partial charge in [-0.2, -0.15) is 0 Å². The molecule has 0 aliphatic carbocycles. The Morgan fingerprint density at radius 2 is 1.86 bits per heavy atom. The molecule has 0 N–H and O–H groups in total. The lowest BCUT2D eigenvalue weighted by atomic mass is 10.1. The lowest BCUT2D eigenvalue weighted by Gasteiger charge is -2.20. The molecule has 120 valence electrons. The first-order valence-electron chi connectivity index (χ1n) is 7.76. The number of halogens is 1. The summed E-state index contributed by atoms with van der Waals surface area (Å²) >= 11 is 5.88. The summed E-state index contributed by atoms with van der Waals surface area (Å²) in [7, 11) is 0. The molecule has 0 heterocycles. The van der Waals surface area contributed by atoms with Gasteiger partial charge in [0.05, 0.1) is 0 Å². The van der Waals surface area contributed by atoms with Crippen LogP contribution in [0.5, 0.6) is 0 Å². The number of nitrogens with zero attached hydrogens (tertiary/aromatic N) is 2. The Balaban J connectivity index is 2.80. The zero-order valence-electron chi connectivity index (χ0n) is 13.9. The third-order valence-electron chi connectivity index (χ3n) is 3.51. The number of hydrogen-bond donors (Lipinski definition) is 0. The van der Waals surface area contributed by atoms with Gasteiger partial charge in [0.1, 0.15) is 5.71 Å². The Morgan fingerprint density at radius 3 is 2.41 bits per heavy atom. The fourth-order valence-electron chi connectivity index (χ4n) is 2.02. The van der Waals surface area contributed by atoms with Crippen LogP contribution in [0.25, 0.3) is 5.57 Å². The lowest BCUT2D eigenvalue weighted by molar-refractivity contribution is -0.124. The summed E-state index contributed by atoms with van der Waals surface area (Å²) in [4.78, 5) is 18.5. The monoisotopic (exact) mass is 320 g/mol. The number of allylic oxidation sites excluding steroid dienone is 1. The van der Waals surface area contributed by atoms with E-state index in [1.807, 2.05) is 43.0 Å². The Morgan fingerprint density at radius 1 is 1.23 bits per heavy atom. The van der Waals surface area contributed by atoms with Crippen molar-refractivity contribution in [2.24, 2.45) is 4.99 Å². The lowest BCUT2D eigenvalue weighted by Crippen LogP contribution is -2.36. The number of benzene rings is 1. The molecule has 0 fully saturated rings. The minimum absolute atomic E-state index is 0.0103. The van der Waals surface area contributed by atoms with Crippen molar-refractivity contribution in [1.29, 1.82) is 0 Å². The van der Waals surface area contributed by atoms with E-state index in [1.165, 1.54) is 0 Å². The minimum atomic E-state index is 0.0103. The van der Waals surface area contributed by atoms with E-state index in [9.17, 15) is 4.79 Å². The van der Waals surface area contributed by atoms with Crippen molar-refractivity contribution in [2.45, 2.75) is 40.5 Å². The molecule has 0 aliphatic heterocycles. The van der Waals surface area contributed by atoms with E-state index < -0.39 is 0 Å². The molecule has 0 radical (unpaired) electrons. The molecule has 0 saturated carbocycles. The Hall–Kier alpha value is -1.61. The van der Waals surface area contributed by atoms with E-state index in [0.717, 1.165) is 30.5 Å². The van der Waals surface area contributed by atoms with Crippen LogP contribution in [0, 0.1) is 0 Å². The molecule has 0 unspecified atom stereocenters. The van der Waals surface area contributed by atoms with Crippen molar-refractivity contribution in [1.82, 2.24) is 4.90 Å². The van der Waals surface area contributed by atoms with Crippen molar-refractivity contribution in [3.63, 3.8) is 0 Å². The highest BCUT2D eigenvalue weighted by Gasteiger charge is 2.13. The molecule has 0 aliphatic rings. The van der Waals surface area contributed by atoms with Crippen LogP contribution < -0.4 is 0 Å². The average molecular weight is 321 g/mol. The largest absolute Gasteiger partial charge is 0.338 e. The molecule has 0 aromatic heterocycles. The molecule has 0 saturated heterocycles. The molecule has 3 nitrogen and oxygen atoms in total. The maximum atomic E-state index is 12.3. The standard InChI is InChI=1S/C18H25ClN2O/c1-5-7-12-21(6-2)18(22)15(4)20-13-14(3)16-8-10-17(19)11-9-16/h8-11,13H,5-7,12H2,1-4H3/b14-13+,20-15?. The van der Waals surface area contributed by atoms with Crippen molar-refractivity contribution in [3.8, 4) is 0 Å². The summed E-state index contributed by atoms with van der Waals surface area (Å²) in [5, 5.41) is 0.709. The zero-order chi connectivity index (χ0) is 16.5. The van der Waals surface area contributed by atoms with Gasteiger partial charge in [-0.3, -0.25) is 9.79 Å². The van der Waals surface area contributed by atoms with Crippen LogP contribution in [0.3, 0.4) is 0 Å². The molecular weight excluding hydrogens is 296 g/mol. The van der Waals surface area contributed by atoms with Gasteiger partial charge in [-0.05, 0) is 50.5 Å². The van der Waals surface area contributed by atoms with Gasteiger partial charge < -0.3 is 4.90 Å². The number of amides is 1. The number of carbonyl (C=O) groups is 1. The van der Waals surface area contributed by atoms with Crippen LogP contribution in [0.15, 0.2) is 35.5 Å². The van der Waals surface area contributed by atoms with Gasteiger partial charge in [0.15, 0.2) is 0 Å². The topological polar surface area (TPSA) is 32.7 Å². The van der Waals surface area contributed by atoms with Crippen LogP contribution in [-0.4, -0.2) is 29.6 Å². The maximum Gasteiger partial charge on any atom is 0.267 e. The summed E-state index contributed by atoms with van der Waals surface area (Å²) in [5.41, 5.74) is 2.57. The zero-order valence-corrected chi connectivity index (χ0v) is 14.7. The molecule has 0 atom stereocenters. The number of rotatable bonds is 7. The van der Waals surface area contributed by atoms with E-state index in [0.29, 0.717) is 17.3 Å². The van der Waals surface area contributed by atoms with Gasteiger partial charge in [0.2, 0.25) is 0 Å². The molecule has 1 rings (SSSR count). The van der Waals surface area contributed by atoms with Gasteiger partial charge in [0.25, 0.3) is 5.91 Å². The highest BCUT2D eigenvalue weighted by atomic mass is 35.5. The van der Waals surface area contributed by atoms with E-state index in [4.69, 9.17) is 11.6 Å². The first kappa shape index (κ1) is 18.4. The second-order valence-electron chi connectivity index (χ2n) is 5.27. The highest BCUT2D eigenvalue weighted by Crippen LogP contribution is 2.17. The molecule has 4 heteroatoms. The van der Waals surface area contributed by atoms with Crippen LogP contribution in [0.2, 0.25) is 5.02 Å². The minimum Gasteiger partial charge on any atom is -0.338 e. The second-order valence-corrected chi connectivity index (χ2v) is 5.71. The van der Waals surface area contributed by atoms with Crippen molar-refractivity contribution >= 4 is 28.8 Å². The van der Waals surface area contributed by atoms with E-state index in [-0.39, 0.29) is 5.91 Å². The predicted molar refractivity (Wildman–Crippen MR) is 95.4 cm³/mol. The van der Waals surface area contributed by atoms with Crippen LogP contribution in [0.1, 0.15) is 46.1 Å². The Bertz CT molecular complexity index is 547. The molecule has 1 amide bonds. The summed E-state index contributed by atoms with van der Waals surface area (Å²) in [6.07, 6.45) is 3.84. The number of carbonyl (C=O) groups excluding carboxylic acids is 1. The van der Waals surface area contributed by atoms with Gasteiger partial charge in [-0.25, -0.2) is 0 Å². The first-order valence-corrected chi connectivity index (χ1v) is 8.13. The third kappa shape index (κ3) is 5.64. The maximum absolute atomic E-state index is 12.3. The second kappa shape index (κ2) is 9.42. The quantitative estimate of drug-likeness (QED) is 0.663. The van der Waals surface area contributed by atoms with Crippen LogP contribution in [-0.2, 0) is 4.79 Å². The number of aliphatic imine (C=N–C) groups is 1. The molecule has 22 heavy (non-hydrogen) atoms. The van der Waals surface area contributed by atoms with Gasteiger partial charge in [-0.15, -0.1) is 0 Å². The van der Waals surface area contributed by atoms with Crippen LogP contribution >= 0.6 is 11.6 Å². The van der Waals surface area contributed by atoms with Gasteiger partial charge in [0, 0.05) is 24.3 Å². The Kier molecular flexibility index (Phi) is 7.89. The fourth-order valence-corrected chi connectivity index (χ4v) is 2.14. The summed E-state index contributed by atoms with van der Waals surface area (Å²) < 4.78 is 0. The average Bonchev–Trinajstić information content (AvgIpc) is 2.53. The van der Waals surface area contributed by atoms with Crippen molar-refractivity contribution < 1.29 is 4.79 Å². The van der Waals surface area contributed by atoms with Crippen molar-refractivity contribution in [2.75, 3.05) is 13.1 Å². The normalized spacial score (nSPS) is 12.4. The fraction of sp³-hybridized carbons (Fsp3) is 0.444. The Labute approximate surface area is 138 Å². The van der Waals surface area contributed by atoms with E-state index in [1.54, 1.807) is 13.1 Å². The molecule has 0 bridgehead atoms. The number of unbranched alkanes of at least 4 members (excludes halogenated alkanes) is 1. The molecule has 1 aromatic rings. The third-order valence-corrected chi connectivity index (χ3v) is 3.76. The SMILES string of the molecule is CCCCN(CC)C(=O)C(C)=N/C=C(\C)c1ccc(Cl)cc1. The van der Waals surface area contributed by atoms with Gasteiger partial charge in [-0.1, -0.05) is 37.1 Å². The summed E-state index contributed by atoms with van der Waals surface area (Å²) in [6.45, 7) is 9.36. The van der Waals surface area contributed by atoms with Crippen LogP contribution in [0.4, 0.5) is 0 Å². The highest BCUT2D eigenvalue weighted by molar-refractivity contribution is 6.38. The van der Waals surface area contributed by atoms with Crippen molar-refractivity contribution in [3.05, 3.63) is 41.1 Å². The van der Waals surface area contributed by atoms with E-state index in [2.05, 4.69) is 11.9 Å². The number of hydrogen-bond acceptors (Lipinski definition) is 2. The first-order chi connectivity index (χ1) is 10.5. The van der Waals surface area contributed by atoms with E-state index >= 15 is 0 Å². The molecule has 1 aromatic carbocycles. The predicted octanol–water partition coefficient (Wildman–Crippen LogP) is 4.81. The smallest absolute Gasteiger partial charge is 0.267 e. The van der Waals surface area contributed by atoms with Gasteiger partial charge >= 0.3 is 0 Å². The molecule has 0 spiro atoms. The summed E-state index contributed by atoms with van der Waals surface area (Å²) in [5.74, 6) is 0.0103.